The largest absolute Gasteiger partial charge is 0.354 e. The van der Waals surface area contributed by atoms with Crippen molar-refractivity contribution in [3.8, 4) is 0 Å². The lowest BCUT2D eigenvalue weighted by Gasteiger charge is -2.28. The maximum Gasteiger partial charge on any atom is 0.238 e. The summed E-state index contributed by atoms with van der Waals surface area (Å²) in [5.74, 6) is 0.0899. The second-order valence-electron chi connectivity index (χ2n) is 5.30. The van der Waals surface area contributed by atoms with Gasteiger partial charge in [0, 0.05) is 25.7 Å². The van der Waals surface area contributed by atoms with Crippen LogP contribution in [0.1, 0.15) is 18.1 Å². The first-order chi connectivity index (χ1) is 9.15. The summed E-state index contributed by atoms with van der Waals surface area (Å²) in [6.07, 6.45) is 0.879. The van der Waals surface area contributed by atoms with Gasteiger partial charge in [-0.1, -0.05) is 29.8 Å². The molecule has 1 heterocycles. The molecule has 19 heavy (non-hydrogen) atoms. The standard InChI is InChI=1S/C15H23N3O/c1-11-4-3-5-13(8-11)6-7-16-15(19)14-10-17-12(2)9-18-14/h3-5,8,12,14,17-18H,6-7,9-10H2,1-2H3,(H,16,19). The van der Waals surface area contributed by atoms with Crippen molar-refractivity contribution in [1.82, 2.24) is 16.0 Å². The lowest BCUT2D eigenvalue weighted by Crippen LogP contribution is -2.59. The molecule has 0 aromatic heterocycles. The van der Waals surface area contributed by atoms with Crippen LogP contribution in [0.4, 0.5) is 0 Å². The topological polar surface area (TPSA) is 53.2 Å². The van der Waals surface area contributed by atoms with E-state index in [-0.39, 0.29) is 11.9 Å². The third-order valence-corrected chi connectivity index (χ3v) is 3.45. The minimum absolute atomic E-state index is 0.0899. The van der Waals surface area contributed by atoms with Crippen LogP contribution in [0.5, 0.6) is 0 Å². The van der Waals surface area contributed by atoms with Gasteiger partial charge in [-0.05, 0) is 25.8 Å². The molecule has 1 aliphatic heterocycles. The molecule has 1 amide bonds. The zero-order valence-corrected chi connectivity index (χ0v) is 11.7. The van der Waals surface area contributed by atoms with E-state index in [0.29, 0.717) is 19.1 Å². The Hall–Kier alpha value is -1.39. The molecule has 3 N–H and O–H groups in total. The lowest BCUT2D eigenvalue weighted by atomic mass is 10.1. The second-order valence-corrected chi connectivity index (χ2v) is 5.30. The molecule has 0 radical (unpaired) electrons. The van der Waals surface area contributed by atoms with Crippen LogP contribution in [0.2, 0.25) is 0 Å². The van der Waals surface area contributed by atoms with E-state index < -0.39 is 0 Å². The predicted molar refractivity (Wildman–Crippen MR) is 77.1 cm³/mol. The van der Waals surface area contributed by atoms with Gasteiger partial charge in [-0.25, -0.2) is 0 Å². The smallest absolute Gasteiger partial charge is 0.238 e. The van der Waals surface area contributed by atoms with Crippen LogP contribution in [0.25, 0.3) is 0 Å². The SMILES string of the molecule is Cc1cccc(CCNC(=O)C2CNC(C)CN2)c1. The molecule has 1 aliphatic rings. The van der Waals surface area contributed by atoms with Crippen molar-refractivity contribution in [2.75, 3.05) is 19.6 Å². The molecule has 0 bridgehead atoms. The zero-order valence-electron chi connectivity index (χ0n) is 11.7. The van der Waals surface area contributed by atoms with Gasteiger partial charge in [0.15, 0.2) is 0 Å². The van der Waals surface area contributed by atoms with Gasteiger partial charge < -0.3 is 16.0 Å². The van der Waals surface area contributed by atoms with Gasteiger partial charge in [-0.15, -0.1) is 0 Å². The van der Waals surface area contributed by atoms with Crippen molar-refractivity contribution >= 4 is 5.91 Å². The molecule has 1 saturated heterocycles. The fourth-order valence-electron chi connectivity index (χ4n) is 2.29. The molecule has 0 spiro atoms. The molecule has 104 valence electrons. The summed E-state index contributed by atoms with van der Waals surface area (Å²) >= 11 is 0. The average molecular weight is 261 g/mol. The van der Waals surface area contributed by atoms with Crippen molar-refractivity contribution in [1.29, 1.82) is 0 Å². The number of nitrogens with one attached hydrogen (secondary N) is 3. The van der Waals surface area contributed by atoms with Crippen LogP contribution in [-0.4, -0.2) is 37.6 Å². The Morgan fingerprint density at radius 3 is 2.89 bits per heavy atom. The Morgan fingerprint density at radius 2 is 2.21 bits per heavy atom. The van der Waals surface area contributed by atoms with Crippen molar-refractivity contribution < 1.29 is 4.79 Å². The number of carbonyl (C=O) groups is 1. The molecule has 0 saturated carbocycles. The van der Waals surface area contributed by atoms with E-state index in [1.807, 2.05) is 0 Å². The maximum atomic E-state index is 11.9. The van der Waals surface area contributed by atoms with Gasteiger partial charge in [0.2, 0.25) is 5.91 Å². The molecule has 0 aliphatic carbocycles. The monoisotopic (exact) mass is 261 g/mol. The van der Waals surface area contributed by atoms with Gasteiger partial charge >= 0.3 is 0 Å². The fourth-order valence-corrected chi connectivity index (χ4v) is 2.29. The molecule has 4 heteroatoms. The minimum atomic E-state index is -0.103. The van der Waals surface area contributed by atoms with E-state index in [1.54, 1.807) is 0 Å². The van der Waals surface area contributed by atoms with Gasteiger partial charge in [0.05, 0.1) is 6.04 Å². The van der Waals surface area contributed by atoms with Crippen LogP contribution >= 0.6 is 0 Å². The summed E-state index contributed by atoms with van der Waals surface area (Å²) in [5, 5.41) is 9.55. The Labute approximate surface area is 115 Å². The highest BCUT2D eigenvalue weighted by Crippen LogP contribution is 2.04. The first kappa shape index (κ1) is 14.0. The number of aryl methyl sites for hydroxylation is 1. The number of amides is 1. The number of rotatable bonds is 4. The predicted octanol–water partition coefficient (Wildman–Crippen LogP) is 0.604. The van der Waals surface area contributed by atoms with Gasteiger partial charge in [0.1, 0.15) is 0 Å². The summed E-state index contributed by atoms with van der Waals surface area (Å²) in [6.45, 7) is 6.43. The minimum Gasteiger partial charge on any atom is -0.354 e. The Bertz CT molecular complexity index is 425. The molecule has 2 rings (SSSR count). The normalized spacial score (nSPS) is 23.1. The van der Waals surface area contributed by atoms with E-state index in [1.165, 1.54) is 11.1 Å². The van der Waals surface area contributed by atoms with Crippen LogP contribution in [0.15, 0.2) is 24.3 Å². The molecular weight excluding hydrogens is 238 g/mol. The van der Waals surface area contributed by atoms with Crippen LogP contribution in [-0.2, 0) is 11.2 Å². The maximum absolute atomic E-state index is 11.9. The molecule has 4 nitrogen and oxygen atoms in total. The Balaban J connectivity index is 1.72. The third-order valence-electron chi connectivity index (χ3n) is 3.45. The van der Waals surface area contributed by atoms with Crippen molar-refractivity contribution in [3.63, 3.8) is 0 Å². The molecule has 1 aromatic carbocycles. The first-order valence-corrected chi connectivity index (χ1v) is 6.95. The van der Waals surface area contributed by atoms with Crippen LogP contribution in [0, 0.1) is 6.92 Å². The summed E-state index contributed by atoms with van der Waals surface area (Å²) in [7, 11) is 0. The highest BCUT2D eigenvalue weighted by molar-refractivity contribution is 5.82. The average Bonchev–Trinajstić information content (AvgIpc) is 2.39. The Morgan fingerprint density at radius 1 is 1.37 bits per heavy atom. The molecule has 2 unspecified atom stereocenters. The quantitative estimate of drug-likeness (QED) is 0.744. The number of benzene rings is 1. The van der Waals surface area contributed by atoms with Gasteiger partial charge in [-0.2, -0.15) is 0 Å². The van der Waals surface area contributed by atoms with Crippen molar-refractivity contribution in [2.45, 2.75) is 32.4 Å². The molecule has 2 atom stereocenters. The van der Waals surface area contributed by atoms with Crippen molar-refractivity contribution in [3.05, 3.63) is 35.4 Å². The van der Waals surface area contributed by atoms with E-state index in [2.05, 4.69) is 54.1 Å². The van der Waals surface area contributed by atoms with Crippen LogP contribution in [0.3, 0.4) is 0 Å². The Kier molecular flexibility index (Phi) is 4.93. The van der Waals surface area contributed by atoms with E-state index >= 15 is 0 Å². The summed E-state index contributed by atoms with van der Waals surface area (Å²) in [6, 6.07) is 8.74. The number of carbonyl (C=O) groups excluding carboxylic acids is 1. The number of hydrogen-bond donors (Lipinski definition) is 3. The molecular formula is C15H23N3O. The second kappa shape index (κ2) is 6.68. The zero-order chi connectivity index (χ0) is 13.7. The summed E-state index contributed by atoms with van der Waals surface area (Å²) in [4.78, 5) is 11.9. The highest BCUT2D eigenvalue weighted by Gasteiger charge is 2.22. The number of hydrogen-bond acceptors (Lipinski definition) is 3. The van der Waals surface area contributed by atoms with Gasteiger partial charge in [-0.3, -0.25) is 4.79 Å². The van der Waals surface area contributed by atoms with Gasteiger partial charge in [0.25, 0.3) is 0 Å². The van der Waals surface area contributed by atoms with E-state index in [0.717, 1.165) is 13.0 Å². The van der Waals surface area contributed by atoms with Crippen molar-refractivity contribution in [2.24, 2.45) is 0 Å². The summed E-state index contributed by atoms with van der Waals surface area (Å²) < 4.78 is 0. The van der Waals surface area contributed by atoms with E-state index in [9.17, 15) is 4.79 Å². The molecule has 1 aromatic rings. The first-order valence-electron chi connectivity index (χ1n) is 6.95. The highest BCUT2D eigenvalue weighted by atomic mass is 16.2. The fraction of sp³-hybridized carbons (Fsp3) is 0.533. The lowest BCUT2D eigenvalue weighted by molar-refractivity contribution is -0.123. The number of piperazine rings is 1. The van der Waals surface area contributed by atoms with E-state index in [4.69, 9.17) is 0 Å². The van der Waals surface area contributed by atoms with Crippen LogP contribution < -0.4 is 16.0 Å². The summed E-state index contributed by atoms with van der Waals surface area (Å²) in [5.41, 5.74) is 2.53. The third kappa shape index (κ3) is 4.33. The molecule has 1 fully saturated rings.